The van der Waals surface area contributed by atoms with Crippen molar-refractivity contribution in [3.63, 3.8) is 0 Å². The lowest BCUT2D eigenvalue weighted by Crippen LogP contribution is -2.36. The Morgan fingerprint density at radius 2 is 2.06 bits per heavy atom. The van der Waals surface area contributed by atoms with Gasteiger partial charge in [-0.1, -0.05) is 23.7 Å². The Hall–Kier alpha value is -0.610. The van der Waals surface area contributed by atoms with Gasteiger partial charge in [-0.05, 0) is 17.2 Å². The minimum atomic E-state index is 0.542. The van der Waals surface area contributed by atoms with Crippen LogP contribution in [0.5, 0.6) is 0 Å². The van der Waals surface area contributed by atoms with Gasteiger partial charge in [-0.3, -0.25) is 4.90 Å². The van der Waals surface area contributed by atoms with Crippen molar-refractivity contribution in [2.45, 2.75) is 13.1 Å². The smallest absolute Gasteiger partial charge is 0.0594 e. The molecular weight excluding hydrogens is 224 g/mol. The number of benzene rings is 1. The first-order chi connectivity index (χ1) is 7.81. The molecule has 1 saturated heterocycles. The van der Waals surface area contributed by atoms with Crippen LogP contribution in [-0.2, 0) is 17.8 Å². The van der Waals surface area contributed by atoms with Gasteiger partial charge in [0.2, 0.25) is 0 Å². The van der Waals surface area contributed by atoms with E-state index in [1.807, 2.05) is 18.2 Å². The maximum atomic E-state index is 6.21. The van der Waals surface area contributed by atoms with E-state index in [2.05, 4.69) is 4.90 Å². The molecule has 4 heteroatoms. The number of nitrogens with two attached hydrogens (primary N) is 1. The van der Waals surface area contributed by atoms with Crippen molar-refractivity contribution in [1.82, 2.24) is 4.90 Å². The average molecular weight is 241 g/mol. The number of hydrogen-bond donors (Lipinski definition) is 1. The normalized spacial score (nSPS) is 17.6. The van der Waals surface area contributed by atoms with Crippen LogP contribution in [0.15, 0.2) is 18.2 Å². The summed E-state index contributed by atoms with van der Waals surface area (Å²) in [5.41, 5.74) is 8.02. The van der Waals surface area contributed by atoms with E-state index in [1.165, 1.54) is 0 Å². The number of ether oxygens (including phenoxy) is 1. The number of nitrogens with zero attached hydrogens (tertiary/aromatic N) is 1. The molecule has 2 N–H and O–H groups in total. The molecule has 0 aromatic heterocycles. The largest absolute Gasteiger partial charge is 0.379 e. The van der Waals surface area contributed by atoms with E-state index >= 15 is 0 Å². The summed E-state index contributed by atoms with van der Waals surface area (Å²) >= 11 is 6.21. The topological polar surface area (TPSA) is 38.5 Å². The number of morpholine rings is 1. The molecule has 3 nitrogen and oxygen atoms in total. The highest BCUT2D eigenvalue weighted by Gasteiger charge is 2.14. The summed E-state index contributed by atoms with van der Waals surface area (Å²) in [4.78, 5) is 2.35. The molecule has 1 aromatic rings. The summed E-state index contributed by atoms with van der Waals surface area (Å²) in [5.74, 6) is 0. The van der Waals surface area contributed by atoms with E-state index in [0.29, 0.717) is 6.54 Å². The van der Waals surface area contributed by atoms with E-state index in [1.54, 1.807) is 0 Å². The summed E-state index contributed by atoms with van der Waals surface area (Å²) in [6.07, 6.45) is 0. The van der Waals surface area contributed by atoms with Gasteiger partial charge in [0.05, 0.1) is 13.2 Å². The standard InChI is InChI=1S/C12H17ClN2O/c13-12-3-1-2-10(8-14)11(12)9-15-4-6-16-7-5-15/h1-3H,4-9,14H2. The maximum Gasteiger partial charge on any atom is 0.0594 e. The lowest BCUT2D eigenvalue weighted by molar-refractivity contribution is 0.0341. The van der Waals surface area contributed by atoms with Gasteiger partial charge in [-0.2, -0.15) is 0 Å². The van der Waals surface area contributed by atoms with Gasteiger partial charge in [0, 0.05) is 31.2 Å². The zero-order chi connectivity index (χ0) is 11.4. The van der Waals surface area contributed by atoms with Crippen molar-refractivity contribution < 1.29 is 4.74 Å². The highest BCUT2D eigenvalue weighted by molar-refractivity contribution is 6.31. The number of halogens is 1. The Bertz CT molecular complexity index is 351. The zero-order valence-electron chi connectivity index (χ0n) is 9.29. The fourth-order valence-corrected chi connectivity index (χ4v) is 2.21. The molecule has 0 aliphatic carbocycles. The predicted molar refractivity (Wildman–Crippen MR) is 65.4 cm³/mol. The predicted octanol–water partition coefficient (Wildman–Crippen LogP) is 1.63. The molecule has 1 aliphatic heterocycles. The summed E-state index contributed by atoms with van der Waals surface area (Å²) in [7, 11) is 0. The molecule has 88 valence electrons. The lowest BCUT2D eigenvalue weighted by atomic mass is 10.1. The molecule has 1 aromatic carbocycles. The SMILES string of the molecule is NCc1cccc(Cl)c1CN1CCOCC1. The highest BCUT2D eigenvalue weighted by Crippen LogP contribution is 2.22. The first-order valence-electron chi connectivity index (χ1n) is 5.57. The molecule has 16 heavy (non-hydrogen) atoms. The maximum absolute atomic E-state index is 6.21. The van der Waals surface area contributed by atoms with Crippen LogP contribution < -0.4 is 5.73 Å². The minimum Gasteiger partial charge on any atom is -0.379 e. The van der Waals surface area contributed by atoms with E-state index in [4.69, 9.17) is 22.1 Å². The fourth-order valence-electron chi connectivity index (χ4n) is 1.95. The van der Waals surface area contributed by atoms with E-state index in [-0.39, 0.29) is 0 Å². The minimum absolute atomic E-state index is 0.542. The Balaban J connectivity index is 2.12. The van der Waals surface area contributed by atoms with Gasteiger partial charge >= 0.3 is 0 Å². The van der Waals surface area contributed by atoms with Crippen LogP contribution in [0.3, 0.4) is 0 Å². The van der Waals surface area contributed by atoms with Crippen LogP contribution >= 0.6 is 11.6 Å². The molecule has 0 radical (unpaired) electrons. The first-order valence-corrected chi connectivity index (χ1v) is 5.95. The molecule has 0 saturated carbocycles. The Morgan fingerprint density at radius 3 is 2.75 bits per heavy atom. The summed E-state index contributed by atoms with van der Waals surface area (Å²) in [6.45, 7) is 4.96. The van der Waals surface area contributed by atoms with Crippen LogP contribution in [0.2, 0.25) is 5.02 Å². The molecular formula is C12H17ClN2O. The van der Waals surface area contributed by atoms with Gasteiger partial charge in [0.1, 0.15) is 0 Å². The van der Waals surface area contributed by atoms with E-state index in [0.717, 1.165) is 49.0 Å². The molecule has 0 atom stereocenters. The van der Waals surface area contributed by atoms with Crippen molar-refractivity contribution in [3.05, 3.63) is 34.3 Å². The van der Waals surface area contributed by atoms with Crippen molar-refractivity contribution in [2.24, 2.45) is 5.73 Å². The summed E-state index contributed by atoms with van der Waals surface area (Å²) in [6, 6.07) is 5.92. The molecule has 0 bridgehead atoms. The molecule has 1 heterocycles. The van der Waals surface area contributed by atoms with Crippen molar-refractivity contribution in [2.75, 3.05) is 26.3 Å². The average Bonchev–Trinajstić information content (AvgIpc) is 2.33. The summed E-state index contributed by atoms with van der Waals surface area (Å²) in [5, 5.41) is 0.814. The first kappa shape index (κ1) is 11.9. The Morgan fingerprint density at radius 1 is 1.31 bits per heavy atom. The fraction of sp³-hybridized carbons (Fsp3) is 0.500. The van der Waals surface area contributed by atoms with Gasteiger partial charge in [-0.15, -0.1) is 0 Å². The highest BCUT2D eigenvalue weighted by atomic mass is 35.5. The Kier molecular flexibility index (Phi) is 4.18. The molecule has 1 aliphatic rings. The Labute approximate surface area is 101 Å². The van der Waals surface area contributed by atoms with Crippen LogP contribution in [0.4, 0.5) is 0 Å². The molecule has 2 rings (SSSR count). The molecule has 0 unspecified atom stereocenters. The lowest BCUT2D eigenvalue weighted by Gasteiger charge is -2.27. The quantitative estimate of drug-likeness (QED) is 0.873. The van der Waals surface area contributed by atoms with Crippen LogP contribution in [0.25, 0.3) is 0 Å². The van der Waals surface area contributed by atoms with Crippen LogP contribution in [-0.4, -0.2) is 31.2 Å². The van der Waals surface area contributed by atoms with Gasteiger partial charge in [0.15, 0.2) is 0 Å². The van der Waals surface area contributed by atoms with E-state index in [9.17, 15) is 0 Å². The third-order valence-corrected chi connectivity index (χ3v) is 3.28. The number of hydrogen-bond acceptors (Lipinski definition) is 3. The second kappa shape index (κ2) is 5.64. The van der Waals surface area contributed by atoms with Crippen LogP contribution in [0, 0.1) is 0 Å². The molecule has 0 amide bonds. The second-order valence-electron chi connectivity index (χ2n) is 3.97. The van der Waals surface area contributed by atoms with Gasteiger partial charge in [0.25, 0.3) is 0 Å². The van der Waals surface area contributed by atoms with Crippen molar-refractivity contribution >= 4 is 11.6 Å². The molecule has 1 fully saturated rings. The summed E-state index contributed by atoms with van der Waals surface area (Å²) < 4.78 is 5.32. The van der Waals surface area contributed by atoms with Crippen molar-refractivity contribution in [1.29, 1.82) is 0 Å². The van der Waals surface area contributed by atoms with E-state index < -0.39 is 0 Å². The van der Waals surface area contributed by atoms with Crippen LogP contribution in [0.1, 0.15) is 11.1 Å². The third-order valence-electron chi connectivity index (χ3n) is 2.92. The van der Waals surface area contributed by atoms with Gasteiger partial charge < -0.3 is 10.5 Å². The zero-order valence-corrected chi connectivity index (χ0v) is 10.0. The second-order valence-corrected chi connectivity index (χ2v) is 4.38. The number of rotatable bonds is 3. The van der Waals surface area contributed by atoms with Crippen molar-refractivity contribution in [3.8, 4) is 0 Å². The van der Waals surface area contributed by atoms with Gasteiger partial charge in [-0.25, -0.2) is 0 Å². The molecule has 0 spiro atoms. The third kappa shape index (κ3) is 2.74. The monoisotopic (exact) mass is 240 g/mol.